The summed E-state index contributed by atoms with van der Waals surface area (Å²) in [4.78, 5) is 4.81. The van der Waals surface area contributed by atoms with Crippen LogP contribution in [0.2, 0.25) is 0 Å². The van der Waals surface area contributed by atoms with Crippen molar-refractivity contribution in [3.63, 3.8) is 0 Å². The zero-order valence-corrected chi connectivity index (χ0v) is 12.8. The molecule has 1 aromatic carbocycles. The Hall–Kier alpha value is -0.970. The minimum Gasteiger partial charge on any atom is -0.309 e. The summed E-state index contributed by atoms with van der Waals surface area (Å²) < 4.78 is 14.0. The maximum absolute atomic E-state index is 14.0. The molecule has 2 unspecified atom stereocenters. The highest BCUT2D eigenvalue weighted by molar-refractivity contribution is 5.21. The summed E-state index contributed by atoms with van der Waals surface area (Å²) in [6, 6.07) is 7.73. The SMILES string of the molecule is CCNC(CN1CCN(C)C(C)C1)c1ccccc1F. The number of likely N-dealkylation sites (N-methyl/N-ethyl adjacent to an activating group) is 2. The van der Waals surface area contributed by atoms with Crippen molar-refractivity contribution in [3.8, 4) is 0 Å². The van der Waals surface area contributed by atoms with Crippen LogP contribution in [0.5, 0.6) is 0 Å². The molecule has 1 fully saturated rings. The van der Waals surface area contributed by atoms with Gasteiger partial charge >= 0.3 is 0 Å². The summed E-state index contributed by atoms with van der Waals surface area (Å²) >= 11 is 0. The van der Waals surface area contributed by atoms with E-state index in [-0.39, 0.29) is 11.9 Å². The lowest BCUT2D eigenvalue weighted by Gasteiger charge is -2.39. The fraction of sp³-hybridized carbons (Fsp3) is 0.625. The third kappa shape index (κ3) is 3.78. The van der Waals surface area contributed by atoms with Crippen molar-refractivity contribution in [1.29, 1.82) is 0 Å². The van der Waals surface area contributed by atoms with Gasteiger partial charge in [-0.05, 0) is 26.6 Å². The quantitative estimate of drug-likeness (QED) is 0.890. The first-order valence-electron chi connectivity index (χ1n) is 7.52. The summed E-state index contributed by atoms with van der Waals surface area (Å²) in [5.41, 5.74) is 0.779. The predicted molar refractivity (Wildman–Crippen MR) is 81.3 cm³/mol. The Balaban J connectivity index is 2.05. The topological polar surface area (TPSA) is 18.5 Å². The molecule has 4 heteroatoms. The fourth-order valence-corrected chi connectivity index (χ4v) is 2.82. The largest absolute Gasteiger partial charge is 0.309 e. The van der Waals surface area contributed by atoms with E-state index < -0.39 is 0 Å². The summed E-state index contributed by atoms with van der Waals surface area (Å²) in [5.74, 6) is -0.111. The van der Waals surface area contributed by atoms with Gasteiger partial charge in [0.1, 0.15) is 5.82 Å². The number of hydrogen-bond donors (Lipinski definition) is 1. The van der Waals surface area contributed by atoms with Gasteiger partial charge in [-0.15, -0.1) is 0 Å². The average Bonchev–Trinajstić information content (AvgIpc) is 2.43. The number of halogens is 1. The summed E-state index contributed by atoms with van der Waals surface area (Å²) in [5, 5.41) is 3.42. The van der Waals surface area contributed by atoms with Crippen LogP contribution in [0.15, 0.2) is 24.3 Å². The van der Waals surface area contributed by atoms with Gasteiger partial charge in [0.05, 0.1) is 0 Å². The Morgan fingerprint density at radius 1 is 1.35 bits per heavy atom. The van der Waals surface area contributed by atoms with E-state index in [0.717, 1.165) is 38.3 Å². The van der Waals surface area contributed by atoms with Gasteiger partial charge in [0, 0.05) is 43.8 Å². The number of nitrogens with one attached hydrogen (secondary N) is 1. The van der Waals surface area contributed by atoms with Crippen LogP contribution in [-0.2, 0) is 0 Å². The number of hydrogen-bond acceptors (Lipinski definition) is 3. The van der Waals surface area contributed by atoms with Gasteiger partial charge in [-0.3, -0.25) is 4.90 Å². The van der Waals surface area contributed by atoms with Crippen LogP contribution in [-0.4, -0.2) is 55.6 Å². The lowest BCUT2D eigenvalue weighted by molar-refractivity contribution is 0.0967. The van der Waals surface area contributed by atoms with Gasteiger partial charge < -0.3 is 10.2 Å². The predicted octanol–water partition coefficient (Wildman–Crippen LogP) is 2.11. The Kier molecular flexibility index (Phi) is 5.52. The van der Waals surface area contributed by atoms with Crippen molar-refractivity contribution in [2.75, 3.05) is 39.8 Å². The molecule has 0 amide bonds. The van der Waals surface area contributed by atoms with Gasteiger partial charge in [0.15, 0.2) is 0 Å². The molecule has 2 rings (SSSR count). The molecule has 1 aliphatic rings. The average molecular weight is 279 g/mol. The Bertz CT molecular complexity index is 424. The molecule has 1 N–H and O–H groups in total. The molecule has 1 aromatic rings. The van der Waals surface area contributed by atoms with Crippen LogP contribution in [0.3, 0.4) is 0 Å². The third-order valence-corrected chi connectivity index (χ3v) is 4.22. The fourth-order valence-electron chi connectivity index (χ4n) is 2.82. The molecule has 112 valence electrons. The summed E-state index contributed by atoms with van der Waals surface area (Å²) in [6.45, 7) is 9.22. The van der Waals surface area contributed by atoms with E-state index in [9.17, 15) is 4.39 Å². The molecule has 1 aliphatic heterocycles. The molecule has 2 atom stereocenters. The van der Waals surface area contributed by atoms with E-state index in [2.05, 4.69) is 36.0 Å². The highest BCUT2D eigenvalue weighted by Gasteiger charge is 2.24. The van der Waals surface area contributed by atoms with E-state index in [4.69, 9.17) is 0 Å². The third-order valence-electron chi connectivity index (χ3n) is 4.22. The van der Waals surface area contributed by atoms with Gasteiger partial charge in [-0.2, -0.15) is 0 Å². The van der Waals surface area contributed by atoms with Crippen LogP contribution in [0.4, 0.5) is 4.39 Å². The van der Waals surface area contributed by atoms with Crippen LogP contribution < -0.4 is 5.32 Å². The monoisotopic (exact) mass is 279 g/mol. The molecule has 0 radical (unpaired) electrons. The van der Waals surface area contributed by atoms with E-state index in [1.54, 1.807) is 12.1 Å². The Morgan fingerprint density at radius 2 is 2.10 bits per heavy atom. The second-order valence-electron chi connectivity index (χ2n) is 5.72. The Morgan fingerprint density at radius 3 is 2.75 bits per heavy atom. The first kappa shape index (κ1) is 15.4. The minimum atomic E-state index is -0.111. The van der Waals surface area contributed by atoms with Crippen molar-refractivity contribution >= 4 is 0 Å². The summed E-state index contributed by atoms with van der Waals surface area (Å²) in [6.07, 6.45) is 0. The highest BCUT2D eigenvalue weighted by atomic mass is 19.1. The molecule has 0 bridgehead atoms. The van der Waals surface area contributed by atoms with Crippen molar-refractivity contribution < 1.29 is 4.39 Å². The standard InChI is InChI=1S/C16H26FN3/c1-4-18-16(14-7-5-6-8-15(14)17)12-20-10-9-19(3)13(2)11-20/h5-8,13,16,18H,4,9-12H2,1-3H3. The van der Waals surface area contributed by atoms with Crippen LogP contribution in [0, 0.1) is 5.82 Å². The number of benzene rings is 1. The van der Waals surface area contributed by atoms with E-state index in [1.165, 1.54) is 0 Å². The minimum absolute atomic E-state index is 0.0665. The highest BCUT2D eigenvalue weighted by Crippen LogP contribution is 2.19. The van der Waals surface area contributed by atoms with Crippen LogP contribution in [0.1, 0.15) is 25.5 Å². The van der Waals surface area contributed by atoms with Crippen LogP contribution >= 0.6 is 0 Å². The van der Waals surface area contributed by atoms with Gasteiger partial charge in [0.2, 0.25) is 0 Å². The Labute approximate surface area is 121 Å². The zero-order valence-electron chi connectivity index (χ0n) is 12.8. The smallest absolute Gasteiger partial charge is 0.128 e. The summed E-state index contributed by atoms with van der Waals surface area (Å²) in [7, 11) is 2.17. The van der Waals surface area contributed by atoms with Gasteiger partial charge in [0.25, 0.3) is 0 Å². The maximum atomic E-state index is 14.0. The van der Waals surface area contributed by atoms with E-state index in [0.29, 0.717) is 6.04 Å². The number of nitrogens with zero attached hydrogens (tertiary/aromatic N) is 2. The molecule has 3 nitrogen and oxygen atoms in total. The first-order chi connectivity index (χ1) is 9.61. The lowest BCUT2D eigenvalue weighted by Crippen LogP contribution is -2.51. The van der Waals surface area contributed by atoms with E-state index in [1.807, 2.05) is 12.1 Å². The molecule has 1 saturated heterocycles. The first-order valence-corrected chi connectivity index (χ1v) is 7.52. The normalized spacial score (nSPS) is 22.9. The molecule has 1 heterocycles. The van der Waals surface area contributed by atoms with Crippen molar-refractivity contribution in [2.45, 2.75) is 25.9 Å². The molecule has 0 spiro atoms. The second kappa shape index (κ2) is 7.16. The van der Waals surface area contributed by atoms with Crippen molar-refractivity contribution in [3.05, 3.63) is 35.6 Å². The van der Waals surface area contributed by atoms with E-state index >= 15 is 0 Å². The van der Waals surface area contributed by atoms with Crippen molar-refractivity contribution in [1.82, 2.24) is 15.1 Å². The van der Waals surface area contributed by atoms with Crippen LogP contribution in [0.25, 0.3) is 0 Å². The number of rotatable bonds is 5. The molecular formula is C16H26FN3. The zero-order chi connectivity index (χ0) is 14.5. The van der Waals surface area contributed by atoms with Gasteiger partial charge in [-0.1, -0.05) is 25.1 Å². The maximum Gasteiger partial charge on any atom is 0.128 e. The lowest BCUT2D eigenvalue weighted by atomic mass is 10.0. The molecule has 20 heavy (non-hydrogen) atoms. The molecule has 0 saturated carbocycles. The second-order valence-corrected chi connectivity index (χ2v) is 5.72. The molecule has 0 aliphatic carbocycles. The number of piperazine rings is 1. The molecular weight excluding hydrogens is 253 g/mol. The molecule has 0 aromatic heterocycles. The van der Waals surface area contributed by atoms with Crippen molar-refractivity contribution in [2.24, 2.45) is 0 Å². The van der Waals surface area contributed by atoms with Gasteiger partial charge in [-0.25, -0.2) is 4.39 Å².